The highest BCUT2D eigenvalue weighted by atomic mass is 19.1. The van der Waals surface area contributed by atoms with Crippen LogP contribution in [0.2, 0.25) is 0 Å². The van der Waals surface area contributed by atoms with E-state index in [1.165, 1.54) is 6.20 Å². The first-order valence-corrected chi connectivity index (χ1v) is 5.26. The monoisotopic (exact) mass is 224 g/mol. The summed E-state index contributed by atoms with van der Waals surface area (Å²) in [6.45, 7) is 1.56. The van der Waals surface area contributed by atoms with E-state index < -0.39 is 11.9 Å². The molecule has 16 heavy (non-hydrogen) atoms. The smallest absolute Gasteiger partial charge is 0.269 e. The zero-order valence-corrected chi connectivity index (χ0v) is 8.82. The van der Waals surface area contributed by atoms with Gasteiger partial charge in [0.05, 0.1) is 6.20 Å². The van der Waals surface area contributed by atoms with E-state index in [2.05, 4.69) is 9.97 Å². The number of carbonyl (C=O) groups excluding carboxylic acids is 1. The maximum atomic E-state index is 13.6. The molecule has 0 bridgehead atoms. The lowest BCUT2D eigenvalue weighted by Gasteiger charge is -2.27. The van der Waals surface area contributed by atoms with Crippen LogP contribution in [0.1, 0.15) is 29.8 Å². The zero-order valence-electron chi connectivity index (χ0n) is 8.82. The molecule has 0 atom stereocenters. The van der Waals surface area contributed by atoms with Crippen LogP contribution in [-0.4, -0.2) is 29.0 Å². The third-order valence-corrected chi connectivity index (χ3v) is 2.62. The number of hydrogen-bond acceptors (Lipinski definition) is 4. The lowest BCUT2D eigenvalue weighted by molar-refractivity contribution is 0.0994. The standard InChI is InChI=1S/C10H13FN4O/c11-8-10(15-4-2-1-3-5-15)13-6-7(14-8)9(12)16/h6H,1-5H2,(H2,12,16). The van der Waals surface area contributed by atoms with E-state index >= 15 is 0 Å². The summed E-state index contributed by atoms with van der Waals surface area (Å²) in [6, 6.07) is 0. The topological polar surface area (TPSA) is 72.1 Å². The predicted molar refractivity (Wildman–Crippen MR) is 56.6 cm³/mol. The summed E-state index contributed by atoms with van der Waals surface area (Å²) in [5.74, 6) is -1.28. The Morgan fingerprint density at radius 2 is 2.06 bits per heavy atom. The molecule has 0 saturated carbocycles. The van der Waals surface area contributed by atoms with Crippen LogP contribution in [0, 0.1) is 5.95 Å². The number of carbonyl (C=O) groups is 1. The van der Waals surface area contributed by atoms with Gasteiger partial charge in [0.15, 0.2) is 5.82 Å². The molecular formula is C10H13FN4O. The van der Waals surface area contributed by atoms with Crippen molar-refractivity contribution in [3.05, 3.63) is 17.8 Å². The van der Waals surface area contributed by atoms with E-state index in [0.717, 1.165) is 32.4 Å². The molecule has 86 valence electrons. The Balaban J connectivity index is 2.24. The SMILES string of the molecule is NC(=O)c1cnc(N2CCCCC2)c(F)n1. The molecule has 0 aliphatic carbocycles. The molecule has 5 nitrogen and oxygen atoms in total. The largest absolute Gasteiger partial charge is 0.364 e. The normalized spacial score (nSPS) is 16.2. The van der Waals surface area contributed by atoms with Crippen molar-refractivity contribution in [3.63, 3.8) is 0 Å². The van der Waals surface area contributed by atoms with E-state index in [1.807, 2.05) is 4.90 Å². The minimum absolute atomic E-state index is 0.141. The number of halogens is 1. The van der Waals surface area contributed by atoms with Gasteiger partial charge in [0, 0.05) is 13.1 Å². The van der Waals surface area contributed by atoms with Crippen LogP contribution in [0.15, 0.2) is 6.20 Å². The highest BCUT2D eigenvalue weighted by molar-refractivity contribution is 5.90. The molecule has 0 radical (unpaired) electrons. The number of aromatic nitrogens is 2. The van der Waals surface area contributed by atoms with Gasteiger partial charge in [-0.15, -0.1) is 0 Å². The van der Waals surface area contributed by atoms with Gasteiger partial charge in [-0.3, -0.25) is 4.79 Å². The van der Waals surface area contributed by atoms with Gasteiger partial charge < -0.3 is 10.6 Å². The number of nitrogens with two attached hydrogens (primary N) is 1. The van der Waals surface area contributed by atoms with Crippen LogP contribution in [-0.2, 0) is 0 Å². The van der Waals surface area contributed by atoms with Crippen LogP contribution in [0.3, 0.4) is 0 Å². The Hall–Kier alpha value is -1.72. The molecule has 0 aromatic carbocycles. The molecule has 1 amide bonds. The molecule has 2 heterocycles. The predicted octanol–water partition coefficient (Wildman–Crippen LogP) is 0.705. The Morgan fingerprint density at radius 1 is 1.38 bits per heavy atom. The molecule has 1 aromatic heterocycles. The Labute approximate surface area is 92.5 Å². The van der Waals surface area contributed by atoms with Crippen molar-refractivity contribution in [1.82, 2.24) is 9.97 Å². The Bertz CT molecular complexity index is 404. The number of primary amides is 1. The lowest BCUT2D eigenvalue weighted by Crippen LogP contribution is -2.31. The molecule has 1 aliphatic rings. The van der Waals surface area contributed by atoms with Crippen molar-refractivity contribution in [2.24, 2.45) is 5.73 Å². The van der Waals surface area contributed by atoms with Crippen LogP contribution < -0.4 is 10.6 Å². The second-order valence-corrected chi connectivity index (χ2v) is 3.78. The molecule has 0 unspecified atom stereocenters. The average molecular weight is 224 g/mol. The first-order valence-electron chi connectivity index (χ1n) is 5.26. The Morgan fingerprint density at radius 3 is 2.62 bits per heavy atom. The summed E-state index contributed by atoms with van der Waals surface area (Å²) in [6.07, 6.45) is 4.43. The fourth-order valence-electron chi connectivity index (χ4n) is 1.80. The summed E-state index contributed by atoms with van der Waals surface area (Å²) in [5, 5.41) is 0. The van der Waals surface area contributed by atoms with Crippen LogP contribution in [0.5, 0.6) is 0 Å². The van der Waals surface area contributed by atoms with E-state index in [-0.39, 0.29) is 11.5 Å². The van der Waals surface area contributed by atoms with Gasteiger partial charge in [-0.05, 0) is 19.3 Å². The minimum atomic E-state index is -0.767. The lowest BCUT2D eigenvalue weighted by atomic mass is 10.1. The zero-order chi connectivity index (χ0) is 11.5. The summed E-state index contributed by atoms with van der Waals surface area (Å²) in [4.78, 5) is 20.0. The maximum absolute atomic E-state index is 13.6. The molecule has 2 N–H and O–H groups in total. The van der Waals surface area contributed by atoms with Crippen LogP contribution in [0.4, 0.5) is 10.2 Å². The van der Waals surface area contributed by atoms with Gasteiger partial charge in [0.25, 0.3) is 11.9 Å². The molecule has 1 saturated heterocycles. The Kier molecular flexibility index (Phi) is 2.98. The quantitative estimate of drug-likeness (QED) is 0.802. The van der Waals surface area contributed by atoms with Crippen molar-refractivity contribution < 1.29 is 9.18 Å². The van der Waals surface area contributed by atoms with Crippen LogP contribution >= 0.6 is 0 Å². The average Bonchev–Trinajstić information content (AvgIpc) is 2.30. The van der Waals surface area contributed by atoms with Crippen molar-refractivity contribution in [1.29, 1.82) is 0 Å². The summed E-state index contributed by atoms with van der Waals surface area (Å²) in [7, 11) is 0. The maximum Gasteiger partial charge on any atom is 0.269 e. The number of hydrogen-bond donors (Lipinski definition) is 1. The third kappa shape index (κ3) is 2.10. The van der Waals surface area contributed by atoms with Crippen molar-refractivity contribution >= 4 is 11.7 Å². The number of nitrogens with zero attached hydrogens (tertiary/aromatic N) is 3. The molecule has 0 spiro atoms. The minimum Gasteiger partial charge on any atom is -0.364 e. The van der Waals surface area contributed by atoms with Gasteiger partial charge >= 0.3 is 0 Å². The van der Waals surface area contributed by atoms with E-state index in [4.69, 9.17) is 5.73 Å². The number of amides is 1. The molecule has 1 fully saturated rings. The number of anilines is 1. The molecule has 1 aliphatic heterocycles. The first kappa shape index (κ1) is 10.8. The van der Waals surface area contributed by atoms with Gasteiger partial charge in [0.1, 0.15) is 5.69 Å². The van der Waals surface area contributed by atoms with Crippen molar-refractivity contribution in [3.8, 4) is 0 Å². The molecule has 6 heteroatoms. The fraction of sp³-hybridized carbons (Fsp3) is 0.500. The number of piperidine rings is 1. The second-order valence-electron chi connectivity index (χ2n) is 3.78. The summed E-state index contributed by atoms with van der Waals surface area (Å²) in [5.41, 5.74) is 4.85. The van der Waals surface area contributed by atoms with Crippen molar-refractivity contribution in [2.45, 2.75) is 19.3 Å². The second kappa shape index (κ2) is 4.42. The van der Waals surface area contributed by atoms with Gasteiger partial charge in [0.2, 0.25) is 0 Å². The van der Waals surface area contributed by atoms with E-state index in [9.17, 15) is 9.18 Å². The molecule has 1 aromatic rings. The summed E-state index contributed by atoms with van der Waals surface area (Å²) < 4.78 is 13.6. The fourth-order valence-corrected chi connectivity index (χ4v) is 1.80. The van der Waals surface area contributed by atoms with Gasteiger partial charge in [-0.25, -0.2) is 9.97 Å². The van der Waals surface area contributed by atoms with Crippen LogP contribution in [0.25, 0.3) is 0 Å². The first-order chi connectivity index (χ1) is 7.68. The van der Waals surface area contributed by atoms with Crippen molar-refractivity contribution in [2.75, 3.05) is 18.0 Å². The van der Waals surface area contributed by atoms with Gasteiger partial charge in [-0.2, -0.15) is 4.39 Å². The highest BCUT2D eigenvalue weighted by Crippen LogP contribution is 2.19. The highest BCUT2D eigenvalue weighted by Gasteiger charge is 2.18. The summed E-state index contributed by atoms with van der Waals surface area (Å²) >= 11 is 0. The molecule has 2 rings (SSSR count). The van der Waals surface area contributed by atoms with E-state index in [0.29, 0.717) is 0 Å². The number of rotatable bonds is 2. The van der Waals surface area contributed by atoms with E-state index in [1.54, 1.807) is 0 Å². The third-order valence-electron chi connectivity index (χ3n) is 2.62. The molecular weight excluding hydrogens is 211 g/mol. The van der Waals surface area contributed by atoms with Gasteiger partial charge in [-0.1, -0.05) is 0 Å².